The highest BCUT2D eigenvalue weighted by Gasteiger charge is 2.13. The molecule has 1 aromatic heterocycles. The topological polar surface area (TPSA) is 34.2 Å². The first-order chi connectivity index (χ1) is 7.69. The molecule has 0 spiro atoms. The van der Waals surface area contributed by atoms with Crippen LogP contribution in [-0.4, -0.2) is 25.2 Å². The lowest BCUT2D eigenvalue weighted by atomic mass is 10.2. The molecule has 16 heavy (non-hydrogen) atoms. The number of rotatable bonds is 7. The molecule has 1 rings (SSSR count). The van der Waals surface area contributed by atoms with Gasteiger partial charge in [0.15, 0.2) is 0 Å². The van der Waals surface area contributed by atoms with Crippen LogP contribution in [0.15, 0.2) is 6.20 Å². The van der Waals surface area contributed by atoms with Crippen LogP contribution in [0, 0.1) is 0 Å². The predicted molar refractivity (Wildman–Crippen MR) is 69.1 cm³/mol. The Kier molecular flexibility index (Phi) is 5.95. The molecule has 92 valence electrons. The third-order valence-corrected chi connectivity index (χ3v) is 3.92. The lowest BCUT2D eigenvalue weighted by Gasteiger charge is -2.10. The molecule has 0 radical (unpaired) electrons. The first-order valence-corrected chi connectivity index (χ1v) is 6.68. The van der Waals surface area contributed by atoms with E-state index in [2.05, 4.69) is 31.1 Å². The molecule has 0 amide bonds. The summed E-state index contributed by atoms with van der Waals surface area (Å²) in [4.78, 5) is 5.77. The van der Waals surface area contributed by atoms with E-state index in [1.807, 2.05) is 6.20 Å². The number of aromatic nitrogens is 1. The summed E-state index contributed by atoms with van der Waals surface area (Å²) in [5.74, 6) is 0.391. The minimum atomic E-state index is 0.391. The van der Waals surface area contributed by atoms with Crippen LogP contribution in [0.25, 0.3) is 0 Å². The molecule has 2 unspecified atom stereocenters. The zero-order chi connectivity index (χ0) is 12.0. The van der Waals surface area contributed by atoms with Gasteiger partial charge in [-0.3, -0.25) is 0 Å². The van der Waals surface area contributed by atoms with Crippen molar-refractivity contribution in [1.82, 2.24) is 10.3 Å². The van der Waals surface area contributed by atoms with E-state index in [4.69, 9.17) is 4.74 Å². The zero-order valence-corrected chi connectivity index (χ0v) is 11.4. The summed E-state index contributed by atoms with van der Waals surface area (Å²) < 4.78 is 5.14. The van der Waals surface area contributed by atoms with Crippen molar-refractivity contribution in [2.45, 2.75) is 39.2 Å². The highest BCUT2D eigenvalue weighted by Crippen LogP contribution is 2.26. The van der Waals surface area contributed by atoms with Crippen LogP contribution in [0.5, 0.6) is 0 Å². The number of ether oxygens (including phenoxy) is 1. The van der Waals surface area contributed by atoms with Gasteiger partial charge in [-0.25, -0.2) is 4.98 Å². The van der Waals surface area contributed by atoms with Gasteiger partial charge in [0.2, 0.25) is 0 Å². The predicted octanol–water partition coefficient (Wildman–Crippen LogP) is 2.95. The summed E-state index contributed by atoms with van der Waals surface area (Å²) in [5, 5.41) is 4.64. The fraction of sp³-hybridized carbons (Fsp3) is 0.750. The van der Waals surface area contributed by atoms with Gasteiger partial charge in [0.25, 0.3) is 0 Å². The minimum Gasteiger partial charge on any atom is -0.384 e. The van der Waals surface area contributed by atoms with Gasteiger partial charge in [0, 0.05) is 30.1 Å². The lowest BCUT2D eigenvalue weighted by molar-refractivity contribution is 0.184. The maximum absolute atomic E-state index is 5.14. The van der Waals surface area contributed by atoms with Crippen LogP contribution in [-0.2, 0) is 4.74 Å². The van der Waals surface area contributed by atoms with Crippen molar-refractivity contribution < 1.29 is 4.74 Å². The molecule has 3 nitrogen and oxygen atoms in total. The molecule has 0 aliphatic rings. The molecule has 1 N–H and O–H groups in total. The van der Waals surface area contributed by atoms with Crippen molar-refractivity contribution >= 4 is 11.3 Å². The summed E-state index contributed by atoms with van der Waals surface area (Å²) in [6.07, 6.45) is 3.15. The zero-order valence-electron chi connectivity index (χ0n) is 10.6. The first-order valence-electron chi connectivity index (χ1n) is 5.87. The molecule has 1 aromatic rings. The van der Waals surface area contributed by atoms with Crippen LogP contribution >= 0.6 is 11.3 Å². The van der Waals surface area contributed by atoms with E-state index in [1.54, 1.807) is 18.4 Å². The van der Waals surface area contributed by atoms with E-state index in [1.165, 1.54) is 9.88 Å². The normalized spacial score (nSPS) is 15.0. The van der Waals surface area contributed by atoms with Crippen molar-refractivity contribution in [3.63, 3.8) is 0 Å². The van der Waals surface area contributed by atoms with Gasteiger partial charge in [-0.2, -0.15) is 0 Å². The molecule has 0 saturated carbocycles. The fourth-order valence-electron chi connectivity index (χ4n) is 1.51. The summed E-state index contributed by atoms with van der Waals surface area (Å²) in [7, 11) is 1.73. The van der Waals surface area contributed by atoms with E-state index in [0.717, 1.165) is 19.6 Å². The summed E-state index contributed by atoms with van der Waals surface area (Å²) in [6, 6.07) is 0.404. The van der Waals surface area contributed by atoms with Crippen LogP contribution in [0.4, 0.5) is 0 Å². The standard InChI is InChI=1S/C12H22N2OS/c1-5-6-13-10(3)11-7-14-12(16-11)9(2)8-15-4/h7,9-10,13H,5-6,8H2,1-4H3. The monoisotopic (exact) mass is 242 g/mol. The third kappa shape index (κ3) is 3.85. The number of methoxy groups -OCH3 is 1. The molecular weight excluding hydrogens is 220 g/mol. The van der Waals surface area contributed by atoms with Crippen molar-refractivity contribution in [2.24, 2.45) is 0 Å². The molecule has 0 aliphatic heterocycles. The average Bonchev–Trinajstić information content (AvgIpc) is 2.75. The molecule has 2 atom stereocenters. The number of nitrogens with zero attached hydrogens (tertiary/aromatic N) is 1. The second kappa shape index (κ2) is 6.99. The van der Waals surface area contributed by atoms with Gasteiger partial charge in [-0.1, -0.05) is 13.8 Å². The van der Waals surface area contributed by atoms with E-state index in [0.29, 0.717) is 12.0 Å². The Bertz CT molecular complexity index is 301. The summed E-state index contributed by atoms with van der Waals surface area (Å²) in [6.45, 7) is 8.31. The van der Waals surface area contributed by atoms with E-state index < -0.39 is 0 Å². The van der Waals surface area contributed by atoms with Gasteiger partial charge in [0.1, 0.15) is 0 Å². The van der Waals surface area contributed by atoms with E-state index in [-0.39, 0.29) is 0 Å². The molecule has 0 fully saturated rings. The highest BCUT2D eigenvalue weighted by atomic mass is 32.1. The second-order valence-corrected chi connectivity index (χ2v) is 5.23. The van der Waals surface area contributed by atoms with E-state index >= 15 is 0 Å². The lowest BCUT2D eigenvalue weighted by Crippen LogP contribution is -2.18. The van der Waals surface area contributed by atoms with Crippen molar-refractivity contribution in [3.8, 4) is 0 Å². The summed E-state index contributed by atoms with van der Waals surface area (Å²) in [5.41, 5.74) is 0. The van der Waals surface area contributed by atoms with Gasteiger partial charge < -0.3 is 10.1 Å². The average molecular weight is 242 g/mol. The molecular formula is C12H22N2OS. The Balaban J connectivity index is 2.56. The van der Waals surface area contributed by atoms with Crippen LogP contribution in [0.3, 0.4) is 0 Å². The smallest absolute Gasteiger partial charge is 0.0979 e. The Morgan fingerprint density at radius 1 is 1.50 bits per heavy atom. The molecule has 0 bridgehead atoms. The molecule has 0 aliphatic carbocycles. The Morgan fingerprint density at radius 2 is 2.25 bits per heavy atom. The van der Waals surface area contributed by atoms with E-state index in [9.17, 15) is 0 Å². The van der Waals surface area contributed by atoms with Gasteiger partial charge in [0.05, 0.1) is 11.6 Å². The van der Waals surface area contributed by atoms with Gasteiger partial charge in [-0.15, -0.1) is 11.3 Å². The molecule has 0 aromatic carbocycles. The largest absolute Gasteiger partial charge is 0.384 e. The third-order valence-electron chi connectivity index (χ3n) is 2.51. The van der Waals surface area contributed by atoms with Crippen molar-refractivity contribution in [3.05, 3.63) is 16.1 Å². The number of thiazole rings is 1. The second-order valence-electron chi connectivity index (χ2n) is 4.13. The fourth-order valence-corrected chi connectivity index (χ4v) is 2.49. The Morgan fingerprint density at radius 3 is 2.88 bits per heavy atom. The van der Waals surface area contributed by atoms with Gasteiger partial charge >= 0.3 is 0 Å². The highest BCUT2D eigenvalue weighted by molar-refractivity contribution is 7.11. The maximum atomic E-state index is 5.14. The summed E-state index contributed by atoms with van der Waals surface area (Å²) >= 11 is 1.79. The van der Waals surface area contributed by atoms with Crippen molar-refractivity contribution in [2.75, 3.05) is 20.3 Å². The molecule has 4 heteroatoms. The molecule has 0 saturated heterocycles. The Hall–Kier alpha value is -0.450. The SMILES string of the molecule is CCCNC(C)c1cnc(C(C)COC)s1. The molecule has 1 heterocycles. The van der Waals surface area contributed by atoms with Crippen molar-refractivity contribution in [1.29, 1.82) is 0 Å². The Labute approximate surface area is 102 Å². The van der Waals surface area contributed by atoms with Crippen LogP contribution < -0.4 is 5.32 Å². The van der Waals surface area contributed by atoms with Crippen LogP contribution in [0.1, 0.15) is 49.0 Å². The minimum absolute atomic E-state index is 0.391. The number of hydrogen-bond donors (Lipinski definition) is 1. The number of hydrogen-bond acceptors (Lipinski definition) is 4. The number of nitrogens with one attached hydrogen (secondary N) is 1. The first kappa shape index (κ1) is 13.6. The quantitative estimate of drug-likeness (QED) is 0.798. The van der Waals surface area contributed by atoms with Gasteiger partial charge in [-0.05, 0) is 19.9 Å². The maximum Gasteiger partial charge on any atom is 0.0979 e. The van der Waals surface area contributed by atoms with Crippen LogP contribution in [0.2, 0.25) is 0 Å².